The lowest BCUT2D eigenvalue weighted by molar-refractivity contribution is -0.0770. The molecule has 1 heterocycles. The van der Waals surface area contributed by atoms with E-state index in [1.165, 1.54) is 12.8 Å². The molecule has 0 amide bonds. The molecule has 2 heteroatoms. The minimum absolute atomic E-state index is 0.260. The second kappa shape index (κ2) is 2.21. The Morgan fingerprint density at radius 2 is 2.20 bits per heavy atom. The maximum atomic E-state index is 9.87. The second-order valence-corrected chi connectivity index (χ2v) is 3.65. The van der Waals surface area contributed by atoms with Gasteiger partial charge in [0.25, 0.3) is 0 Å². The molecule has 1 aliphatic heterocycles. The number of hydrogen-bond donors (Lipinski definition) is 2. The Morgan fingerprint density at radius 3 is 2.60 bits per heavy atom. The lowest BCUT2D eigenvalue weighted by atomic mass is 9.71. The lowest BCUT2D eigenvalue weighted by Crippen LogP contribution is -2.45. The van der Waals surface area contributed by atoms with Gasteiger partial charge >= 0.3 is 0 Å². The molecule has 2 fully saturated rings. The fourth-order valence-corrected chi connectivity index (χ4v) is 2.06. The third kappa shape index (κ3) is 0.867. The van der Waals surface area contributed by atoms with Crippen LogP contribution in [0, 0.1) is 5.92 Å². The first-order valence-electron chi connectivity index (χ1n) is 4.24. The van der Waals surface area contributed by atoms with Crippen LogP contribution < -0.4 is 5.32 Å². The van der Waals surface area contributed by atoms with E-state index in [9.17, 15) is 5.11 Å². The topological polar surface area (TPSA) is 32.3 Å². The van der Waals surface area contributed by atoms with Crippen LogP contribution in [0.2, 0.25) is 0 Å². The first-order chi connectivity index (χ1) is 4.81. The van der Waals surface area contributed by atoms with E-state index in [4.69, 9.17) is 0 Å². The lowest BCUT2D eigenvalue weighted by Gasteiger charge is -2.41. The molecule has 0 bridgehead atoms. The molecule has 1 saturated heterocycles. The SMILES string of the molecule is OC1(C2CCNC2)CCC1. The highest BCUT2D eigenvalue weighted by Crippen LogP contribution is 2.40. The van der Waals surface area contributed by atoms with Crippen molar-refractivity contribution in [3.63, 3.8) is 0 Å². The highest BCUT2D eigenvalue weighted by atomic mass is 16.3. The quantitative estimate of drug-likeness (QED) is 0.557. The Bertz CT molecular complexity index is 125. The van der Waals surface area contributed by atoms with Crippen LogP contribution in [0.3, 0.4) is 0 Å². The number of hydrogen-bond acceptors (Lipinski definition) is 2. The van der Waals surface area contributed by atoms with Gasteiger partial charge in [-0.3, -0.25) is 0 Å². The number of nitrogens with one attached hydrogen (secondary N) is 1. The first-order valence-corrected chi connectivity index (χ1v) is 4.24. The largest absolute Gasteiger partial charge is 0.390 e. The minimum atomic E-state index is -0.260. The van der Waals surface area contributed by atoms with Crippen LogP contribution in [0.25, 0.3) is 0 Å². The van der Waals surface area contributed by atoms with Gasteiger partial charge in [0.05, 0.1) is 5.60 Å². The molecule has 58 valence electrons. The van der Waals surface area contributed by atoms with E-state index >= 15 is 0 Å². The third-order valence-corrected chi connectivity index (χ3v) is 3.04. The molecule has 0 aromatic rings. The summed E-state index contributed by atoms with van der Waals surface area (Å²) in [5, 5.41) is 13.2. The van der Waals surface area contributed by atoms with Gasteiger partial charge in [-0.15, -0.1) is 0 Å². The van der Waals surface area contributed by atoms with Crippen molar-refractivity contribution >= 4 is 0 Å². The van der Waals surface area contributed by atoms with Gasteiger partial charge in [0.15, 0.2) is 0 Å². The number of aliphatic hydroxyl groups is 1. The molecular formula is C8H15NO. The Labute approximate surface area is 61.6 Å². The molecule has 1 saturated carbocycles. The smallest absolute Gasteiger partial charge is 0.0688 e. The average Bonchev–Trinajstić information content (AvgIpc) is 2.33. The molecular weight excluding hydrogens is 126 g/mol. The Kier molecular flexibility index (Phi) is 1.46. The average molecular weight is 141 g/mol. The molecule has 10 heavy (non-hydrogen) atoms. The standard InChI is InChI=1S/C8H15NO/c10-8(3-1-4-8)7-2-5-9-6-7/h7,9-10H,1-6H2. The van der Waals surface area contributed by atoms with Gasteiger partial charge in [-0.2, -0.15) is 0 Å². The summed E-state index contributed by atoms with van der Waals surface area (Å²) in [6.07, 6.45) is 4.49. The minimum Gasteiger partial charge on any atom is -0.390 e. The predicted octanol–water partition coefficient (Wildman–Crippen LogP) is 0.511. The van der Waals surface area contributed by atoms with E-state index in [0.717, 1.165) is 25.9 Å². The van der Waals surface area contributed by atoms with Crippen molar-refractivity contribution in [3.8, 4) is 0 Å². The van der Waals surface area contributed by atoms with Gasteiger partial charge in [0.1, 0.15) is 0 Å². The Morgan fingerprint density at radius 1 is 1.40 bits per heavy atom. The van der Waals surface area contributed by atoms with Gasteiger partial charge in [0, 0.05) is 12.5 Å². The van der Waals surface area contributed by atoms with Gasteiger partial charge in [-0.1, -0.05) is 0 Å². The van der Waals surface area contributed by atoms with E-state index in [1.807, 2.05) is 0 Å². The van der Waals surface area contributed by atoms with E-state index < -0.39 is 0 Å². The Balaban J connectivity index is 1.96. The molecule has 2 aliphatic rings. The van der Waals surface area contributed by atoms with Gasteiger partial charge in [-0.25, -0.2) is 0 Å². The van der Waals surface area contributed by atoms with E-state index in [1.54, 1.807) is 0 Å². The van der Waals surface area contributed by atoms with Crippen molar-refractivity contribution in [2.45, 2.75) is 31.3 Å². The summed E-state index contributed by atoms with van der Waals surface area (Å²) < 4.78 is 0. The van der Waals surface area contributed by atoms with Crippen LogP contribution in [0.15, 0.2) is 0 Å². The third-order valence-electron chi connectivity index (χ3n) is 3.04. The van der Waals surface area contributed by atoms with Crippen molar-refractivity contribution in [2.75, 3.05) is 13.1 Å². The summed E-state index contributed by atoms with van der Waals surface area (Å²) in [4.78, 5) is 0. The summed E-state index contributed by atoms with van der Waals surface area (Å²) >= 11 is 0. The second-order valence-electron chi connectivity index (χ2n) is 3.65. The maximum Gasteiger partial charge on any atom is 0.0688 e. The molecule has 0 aromatic carbocycles. The fraction of sp³-hybridized carbons (Fsp3) is 1.00. The molecule has 0 aromatic heterocycles. The van der Waals surface area contributed by atoms with Gasteiger partial charge < -0.3 is 10.4 Å². The van der Waals surface area contributed by atoms with Gasteiger partial charge in [0.2, 0.25) is 0 Å². The van der Waals surface area contributed by atoms with Gasteiger partial charge in [-0.05, 0) is 32.2 Å². The van der Waals surface area contributed by atoms with E-state index in [0.29, 0.717) is 5.92 Å². The molecule has 2 N–H and O–H groups in total. The monoisotopic (exact) mass is 141 g/mol. The summed E-state index contributed by atoms with van der Waals surface area (Å²) in [6.45, 7) is 2.14. The van der Waals surface area contributed by atoms with E-state index in [-0.39, 0.29) is 5.60 Å². The van der Waals surface area contributed by atoms with Crippen LogP contribution in [0.4, 0.5) is 0 Å². The molecule has 1 aliphatic carbocycles. The predicted molar refractivity (Wildman–Crippen MR) is 39.8 cm³/mol. The summed E-state index contributed by atoms with van der Waals surface area (Å²) in [6, 6.07) is 0. The van der Waals surface area contributed by atoms with Crippen molar-refractivity contribution in [1.29, 1.82) is 0 Å². The molecule has 1 unspecified atom stereocenters. The zero-order valence-corrected chi connectivity index (χ0v) is 6.27. The van der Waals surface area contributed by atoms with Crippen LogP contribution in [-0.2, 0) is 0 Å². The maximum absolute atomic E-state index is 9.87. The molecule has 2 nitrogen and oxygen atoms in total. The molecule has 1 atom stereocenters. The van der Waals surface area contributed by atoms with Crippen LogP contribution in [0.1, 0.15) is 25.7 Å². The van der Waals surface area contributed by atoms with Crippen molar-refractivity contribution in [3.05, 3.63) is 0 Å². The Hall–Kier alpha value is -0.0800. The highest BCUT2D eigenvalue weighted by molar-refractivity contribution is 4.96. The van der Waals surface area contributed by atoms with E-state index in [2.05, 4.69) is 5.32 Å². The molecule has 2 rings (SSSR count). The normalized spacial score (nSPS) is 37.5. The zero-order valence-electron chi connectivity index (χ0n) is 6.27. The zero-order chi connectivity index (χ0) is 7.03. The van der Waals surface area contributed by atoms with Crippen LogP contribution in [0.5, 0.6) is 0 Å². The van der Waals surface area contributed by atoms with Crippen molar-refractivity contribution in [2.24, 2.45) is 5.92 Å². The van der Waals surface area contributed by atoms with Crippen molar-refractivity contribution < 1.29 is 5.11 Å². The number of rotatable bonds is 1. The van der Waals surface area contributed by atoms with Crippen LogP contribution >= 0.6 is 0 Å². The summed E-state index contributed by atoms with van der Waals surface area (Å²) in [7, 11) is 0. The first kappa shape index (κ1) is 6.62. The summed E-state index contributed by atoms with van der Waals surface area (Å²) in [5.74, 6) is 0.557. The van der Waals surface area contributed by atoms with Crippen LogP contribution in [-0.4, -0.2) is 23.8 Å². The summed E-state index contributed by atoms with van der Waals surface area (Å²) in [5.41, 5.74) is -0.260. The molecule has 0 spiro atoms. The fourth-order valence-electron chi connectivity index (χ4n) is 2.06. The molecule has 0 radical (unpaired) electrons. The highest BCUT2D eigenvalue weighted by Gasteiger charge is 2.42. The van der Waals surface area contributed by atoms with Crippen molar-refractivity contribution in [1.82, 2.24) is 5.32 Å².